The summed E-state index contributed by atoms with van der Waals surface area (Å²) in [5, 5.41) is 2.93. The Bertz CT molecular complexity index is 971. The van der Waals surface area contributed by atoms with Crippen LogP contribution in [0.15, 0.2) is 47.4 Å². The Morgan fingerprint density at radius 3 is 2.55 bits per heavy atom. The van der Waals surface area contributed by atoms with Crippen molar-refractivity contribution in [2.75, 3.05) is 20.7 Å². The molecule has 3 rings (SSSR count). The highest BCUT2D eigenvalue weighted by Gasteiger charge is 2.32. The van der Waals surface area contributed by atoms with E-state index in [0.29, 0.717) is 25.1 Å². The van der Waals surface area contributed by atoms with Gasteiger partial charge < -0.3 is 14.6 Å². The van der Waals surface area contributed by atoms with E-state index in [4.69, 9.17) is 4.74 Å². The van der Waals surface area contributed by atoms with Crippen LogP contribution in [0.4, 0.5) is 0 Å². The SMILES string of the molecule is COC(=O)C[C@H]1CC[C@@H](CNC(=O)c2c(C)ccn(CCc3ccccc3)c2=O)N1C. The van der Waals surface area contributed by atoms with Crippen molar-refractivity contribution in [3.05, 3.63) is 69.6 Å². The van der Waals surface area contributed by atoms with Crippen molar-refractivity contribution in [2.24, 2.45) is 0 Å². The van der Waals surface area contributed by atoms with E-state index in [2.05, 4.69) is 10.2 Å². The van der Waals surface area contributed by atoms with Crippen molar-refractivity contribution in [1.82, 2.24) is 14.8 Å². The maximum Gasteiger partial charge on any atom is 0.307 e. The second-order valence-electron chi connectivity index (χ2n) is 8.15. The number of rotatable bonds is 8. The smallest absolute Gasteiger partial charge is 0.307 e. The minimum Gasteiger partial charge on any atom is -0.469 e. The van der Waals surface area contributed by atoms with Gasteiger partial charge in [-0.15, -0.1) is 0 Å². The molecule has 2 heterocycles. The zero-order chi connectivity index (χ0) is 22.4. The number of carbonyl (C=O) groups is 2. The topological polar surface area (TPSA) is 80.6 Å². The number of methoxy groups -OCH3 is 1. The first-order chi connectivity index (χ1) is 14.9. The third kappa shape index (κ3) is 5.61. The summed E-state index contributed by atoms with van der Waals surface area (Å²) in [6, 6.07) is 12.0. The molecular formula is C24H31N3O4. The molecule has 0 bridgehead atoms. The zero-order valence-electron chi connectivity index (χ0n) is 18.5. The third-order valence-electron chi connectivity index (χ3n) is 6.20. The number of nitrogens with one attached hydrogen (secondary N) is 1. The largest absolute Gasteiger partial charge is 0.469 e. The number of aromatic nitrogens is 1. The van der Waals surface area contributed by atoms with E-state index in [-0.39, 0.29) is 35.1 Å². The Kier molecular flexibility index (Phi) is 7.63. The number of likely N-dealkylation sites (tertiary alicyclic amines) is 1. The Morgan fingerprint density at radius 2 is 1.84 bits per heavy atom. The average molecular weight is 426 g/mol. The molecule has 1 aliphatic rings. The van der Waals surface area contributed by atoms with Crippen LogP contribution in [-0.2, 0) is 22.5 Å². The predicted octanol–water partition coefficient (Wildman–Crippen LogP) is 2.16. The molecule has 7 heteroatoms. The van der Waals surface area contributed by atoms with Crippen LogP contribution in [0.1, 0.15) is 40.7 Å². The van der Waals surface area contributed by atoms with Crippen molar-refractivity contribution in [1.29, 1.82) is 0 Å². The summed E-state index contributed by atoms with van der Waals surface area (Å²) in [6.45, 7) is 2.74. The van der Waals surface area contributed by atoms with Crippen LogP contribution in [0.25, 0.3) is 0 Å². The van der Waals surface area contributed by atoms with Crippen molar-refractivity contribution >= 4 is 11.9 Å². The van der Waals surface area contributed by atoms with Crippen LogP contribution >= 0.6 is 0 Å². The van der Waals surface area contributed by atoms with Gasteiger partial charge in [0.1, 0.15) is 5.56 Å². The molecule has 1 N–H and O–H groups in total. The van der Waals surface area contributed by atoms with Gasteiger partial charge in [0.15, 0.2) is 0 Å². The fraction of sp³-hybridized carbons (Fsp3) is 0.458. The van der Waals surface area contributed by atoms with Crippen molar-refractivity contribution in [3.63, 3.8) is 0 Å². The summed E-state index contributed by atoms with van der Waals surface area (Å²) in [6.07, 6.45) is 4.58. The van der Waals surface area contributed by atoms with Gasteiger partial charge in [0.2, 0.25) is 0 Å². The summed E-state index contributed by atoms with van der Waals surface area (Å²) in [4.78, 5) is 39.5. The van der Waals surface area contributed by atoms with Gasteiger partial charge in [0, 0.05) is 31.4 Å². The van der Waals surface area contributed by atoms with Gasteiger partial charge >= 0.3 is 5.97 Å². The zero-order valence-corrected chi connectivity index (χ0v) is 18.5. The van der Waals surface area contributed by atoms with Crippen molar-refractivity contribution in [2.45, 2.75) is 51.2 Å². The molecule has 0 spiro atoms. The molecule has 1 aromatic heterocycles. The highest BCUT2D eigenvalue weighted by Crippen LogP contribution is 2.24. The normalized spacial score (nSPS) is 18.7. The molecule has 2 atom stereocenters. The van der Waals surface area contributed by atoms with Crippen LogP contribution in [0.3, 0.4) is 0 Å². The molecular weight excluding hydrogens is 394 g/mol. The standard InChI is InChI=1S/C24H31N3O4/c1-17-11-13-27(14-12-18-7-5-4-6-8-18)24(30)22(17)23(29)25-16-20-10-9-19(26(20)2)15-21(28)31-3/h4-8,11,13,19-20H,9-10,12,14-16H2,1-3H3,(H,25,29)/t19-,20+/m1/s1. The highest BCUT2D eigenvalue weighted by molar-refractivity contribution is 5.95. The third-order valence-corrected chi connectivity index (χ3v) is 6.20. The first-order valence-corrected chi connectivity index (χ1v) is 10.7. The number of esters is 1. The van der Waals surface area contributed by atoms with Gasteiger partial charge in [0.05, 0.1) is 13.5 Å². The Balaban J connectivity index is 1.62. The van der Waals surface area contributed by atoms with E-state index in [1.165, 1.54) is 7.11 Å². The molecule has 0 radical (unpaired) electrons. The second-order valence-corrected chi connectivity index (χ2v) is 8.15. The molecule has 1 fully saturated rings. The first-order valence-electron chi connectivity index (χ1n) is 10.7. The monoisotopic (exact) mass is 425 g/mol. The number of hydrogen-bond acceptors (Lipinski definition) is 5. The Labute approximate surface area is 183 Å². The molecule has 1 amide bonds. The molecule has 0 aliphatic carbocycles. The molecule has 7 nitrogen and oxygen atoms in total. The number of carbonyl (C=O) groups excluding carboxylic acids is 2. The predicted molar refractivity (Wildman–Crippen MR) is 119 cm³/mol. The molecule has 1 aliphatic heterocycles. The summed E-state index contributed by atoms with van der Waals surface area (Å²) in [5.41, 5.74) is 1.74. The van der Waals surface area contributed by atoms with Gasteiger partial charge in [-0.3, -0.25) is 19.3 Å². The number of benzene rings is 1. The molecule has 2 aromatic rings. The number of likely N-dealkylation sites (N-methyl/N-ethyl adjacent to an activating group) is 1. The van der Waals surface area contributed by atoms with E-state index in [1.54, 1.807) is 17.7 Å². The van der Waals surface area contributed by atoms with E-state index in [0.717, 1.165) is 24.8 Å². The van der Waals surface area contributed by atoms with Gasteiger partial charge in [-0.2, -0.15) is 0 Å². The van der Waals surface area contributed by atoms with Crippen LogP contribution in [-0.4, -0.2) is 54.1 Å². The van der Waals surface area contributed by atoms with E-state index >= 15 is 0 Å². The maximum atomic E-state index is 13.0. The number of amides is 1. The summed E-state index contributed by atoms with van der Waals surface area (Å²) in [5.74, 6) is -0.570. The number of pyridine rings is 1. The number of nitrogens with zero attached hydrogens (tertiary/aromatic N) is 2. The van der Waals surface area contributed by atoms with Crippen molar-refractivity contribution in [3.8, 4) is 0 Å². The quantitative estimate of drug-likeness (QED) is 0.656. The fourth-order valence-electron chi connectivity index (χ4n) is 4.17. The first kappa shape index (κ1) is 22.7. The van der Waals surface area contributed by atoms with Crippen LogP contribution < -0.4 is 10.9 Å². The van der Waals surface area contributed by atoms with Crippen LogP contribution in [0.2, 0.25) is 0 Å². The molecule has 1 aromatic carbocycles. The lowest BCUT2D eigenvalue weighted by Gasteiger charge is -2.25. The number of ether oxygens (including phenoxy) is 1. The number of aryl methyl sites for hydroxylation is 3. The maximum absolute atomic E-state index is 13.0. The minimum absolute atomic E-state index is 0.114. The Morgan fingerprint density at radius 1 is 1.13 bits per heavy atom. The lowest BCUT2D eigenvalue weighted by molar-refractivity contribution is -0.141. The fourth-order valence-corrected chi connectivity index (χ4v) is 4.17. The molecule has 1 saturated heterocycles. The van der Waals surface area contributed by atoms with Crippen LogP contribution in [0, 0.1) is 6.92 Å². The summed E-state index contributed by atoms with van der Waals surface area (Å²) in [7, 11) is 3.35. The highest BCUT2D eigenvalue weighted by atomic mass is 16.5. The van der Waals surface area contributed by atoms with E-state index < -0.39 is 0 Å². The van der Waals surface area contributed by atoms with E-state index in [1.807, 2.05) is 43.4 Å². The lowest BCUT2D eigenvalue weighted by Crippen LogP contribution is -2.43. The average Bonchev–Trinajstić information content (AvgIpc) is 3.11. The lowest BCUT2D eigenvalue weighted by atomic mass is 10.1. The molecule has 166 valence electrons. The van der Waals surface area contributed by atoms with Gasteiger partial charge in [-0.1, -0.05) is 30.3 Å². The van der Waals surface area contributed by atoms with Gasteiger partial charge in [-0.25, -0.2) is 0 Å². The van der Waals surface area contributed by atoms with Gasteiger partial charge in [0.25, 0.3) is 11.5 Å². The molecule has 0 saturated carbocycles. The summed E-state index contributed by atoms with van der Waals surface area (Å²) < 4.78 is 6.37. The Hall–Kier alpha value is -2.93. The minimum atomic E-state index is -0.346. The number of hydrogen-bond donors (Lipinski definition) is 1. The van der Waals surface area contributed by atoms with Crippen molar-refractivity contribution < 1.29 is 14.3 Å². The van der Waals surface area contributed by atoms with Gasteiger partial charge in [-0.05, 0) is 50.4 Å². The molecule has 31 heavy (non-hydrogen) atoms. The van der Waals surface area contributed by atoms with Crippen LogP contribution in [0.5, 0.6) is 0 Å². The molecule has 0 unspecified atom stereocenters. The van der Waals surface area contributed by atoms with E-state index in [9.17, 15) is 14.4 Å². The summed E-state index contributed by atoms with van der Waals surface area (Å²) >= 11 is 0. The second kappa shape index (κ2) is 10.4.